The van der Waals surface area contributed by atoms with Gasteiger partial charge in [-0.3, -0.25) is 0 Å². The van der Waals surface area contributed by atoms with Gasteiger partial charge in [-0.15, -0.1) is 0 Å². The Kier molecular flexibility index (Phi) is 3.92. The smallest absolute Gasteiger partial charge is 0.238 e. The van der Waals surface area contributed by atoms with Crippen LogP contribution in [0.1, 0.15) is 32.6 Å². The minimum absolute atomic E-state index is 0.118. The number of ether oxygens (including phenoxy) is 1. The van der Waals surface area contributed by atoms with Crippen LogP contribution in [-0.2, 0) is 10.0 Å². The van der Waals surface area contributed by atoms with Gasteiger partial charge >= 0.3 is 0 Å². The van der Waals surface area contributed by atoms with E-state index in [9.17, 15) is 8.42 Å². The molecular weight excluding hydrogens is 250 g/mol. The Morgan fingerprint density at radius 3 is 2.17 bits per heavy atom. The summed E-state index contributed by atoms with van der Waals surface area (Å²) in [6.45, 7) is 2.26. The molecule has 1 aromatic rings. The second kappa shape index (κ2) is 5.28. The molecule has 0 amide bonds. The maximum absolute atomic E-state index is 11.1. The van der Waals surface area contributed by atoms with E-state index in [1.807, 2.05) is 0 Å². The van der Waals surface area contributed by atoms with Gasteiger partial charge in [0, 0.05) is 0 Å². The molecule has 0 unspecified atom stereocenters. The molecule has 5 heteroatoms. The molecule has 2 rings (SSSR count). The van der Waals surface area contributed by atoms with Crippen molar-refractivity contribution in [3.8, 4) is 5.75 Å². The first-order valence-electron chi connectivity index (χ1n) is 6.24. The third kappa shape index (κ3) is 3.46. The monoisotopic (exact) mass is 269 g/mol. The molecule has 0 bridgehead atoms. The third-order valence-corrected chi connectivity index (χ3v) is 4.35. The number of rotatable bonds is 3. The highest BCUT2D eigenvalue weighted by molar-refractivity contribution is 7.89. The van der Waals surface area contributed by atoms with Crippen molar-refractivity contribution in [1.29, 1.82) is 0 Å². The van der Waals surface area contributed by atoms with E-state index < -0.39 is 10.0 Å². The molecule has 2 N–H and O–H groups in total. The predicted octanol–water partition coefficient (Wildman–Crippen LogP) is 2.29. The molecule has 1 aliphatic rings. The molecule has 0 atom stereocenters. The number of nitrogens with two attached hydrogens (primary N) is 1. The van der Waals surface area contributed by atoms with Crippen molar-refractivity contribution in [1.82, 2.24) is 0 Å². The Morgan fingerprint density at radius 1 is 1.11 bits per heavy atom. The lowest BCUT2D eigenvalue weighted by Gasteiger charge is -2.26. The zero-order chi connectivity index (χ0) is 13.2. The summed E-state index contributed by atoms with van der Waals surface area (Å²) in [5, 5.41) is 5.04. The first kappa shape index (κ1) is 13.4. The summed E-state index contributed by atoms with van der Waals surface area (Å²) < 4.78 is 28.1. The number of hydrogen-bond acceptors (Lipinski definition) is 3. The quantitative estimate of drug-likeness (QED) is 0.915. The third-order valence-electron chi connectivity index (χ3n) is 3.42. The van der Waals surface area contributed by atoms with Crippen LogP contribution in [-0.4, -0.2) is 14.5 Å². The van der Waals surface area contributed by atoms with Gasteiger partial charge in [0.25, 0.3) is 0 Å². The van der Waals surface area contributed by atoms with Crippen molar-refractivity contribution in [2.75, 3.05) is 0 Å². The zero-order valence-corrected chi connectivity index (χ0v) is 11.3. The number of benzene rings is 1. The van der Waals surface area contributed by atoms with Crippen LogP contribution in [0, 0.1) is 5.92 Å². The van der Waals surface area contributed by atoms with E-state index in [1.54, 1.807) is 12.1 Å². The zero-order valence-electron chi connectivity index (χ0n) is 10.5. The van der Waals surface area contributed by atoms with Crippen LogP contribution in [0.25, 0.3) is 0 Å². The van der Waals surface area contributed by atoms with Gasteiger partial charge in [-0.05, 0) is 55.9 Å². The van der Waals surface area contributed by atoms with E-state index in [0.29, 0.717) is 5.75 Å². The summed E-state index contributed by atoms with van der Waals surface area (Å²) in [6, 6.07) is 6.29. The van der Waals surface area contributed by atoms with Crippen molar-refractivity contribution >= 4 is 10.0 Å². The Hall–Kier alpha value is -1.07. The van der Waals surface area contributed by atoms with E-state index in [-0.39, 0.29) is 11.0 Å². The number of sulfonamides is 1. The van der Waals surface area contributed by atoms with E-state index in [1.165, 1.54) is 25.0 Å². The second-order valence-electron chi connectivity index (χ2n) is 5.02. The highest BCUT2D eigenvalue weighted by atomic mass is 32.2. The van der Waals surface area contributed by atoms with Gasteiger partial charge in [-0.25, -0.2) is 13.6 Å². The van der Waals surface area contributed by atoms with E-state index in [4.69, 9.17) is 9.88 Å². The van der Waals surface area contributed by atoms with Crippen molar-refractivity contribution in [2.45, 2.75) is 43.6 Å². The SMILES string of the molecule is CC1CCC(Oc2ccc(S(N)(=O)=O)cc2)CC1. The molecule has 0 spiro atoms. The number of hydrogen-bond donors (Lipinski definition) is 1. The van der Waals surface area contributed by atoms with Crippen LogP contribution in [0.15, 0.2) is 29.2 Å². The Labute approximate surface area is 108 Å². The maximum Gasteiger partial charge on any atom is 0.238 e. The van der Waals surface area contributed by atoms with Gasteiger partial charge in [-0.1, -0.05) is 6.92 Å². The topological polar surface area (TPSA) is 69.4 Å². The Bertz CT molecular complexity index is 487. The highest BCUT2D eigenvalue weighted by Crippen LogP contribution is 2.27. The van der Waals surface area contributed by atoms with Crippen LogP contribution in [0.4, 0.5) is 0 Å². The molecule has 18 heavy (non-hydrogen) atoms. The molecule has 0 aliphatic heterocycles. The molecule has 0 heterocycles. The maximum atomic E-state index is 11.1. The lowest BCUT2D eigenvalue weighted by Crippen LogP contribution is -2.23. The fraction of sp³-hybridized carbons (Fsp3) is 0.538. The van der Waals surface area contributed by atoms with Crippen molar-refractivity contribution in [3.05, 3.63) is 24.3 Å². The van der Waals surface area contributed by atoms with Crippen molar-refractivity contribution in [2.24, 2.45) is 11.1 Å². The lowest BCUT2D eigenvalue weighted by molar-refractivity contribution is 0.135. The highest BCUT2D eigenvalue weighted by Gasteiger charge is 2.19. The fourth-order valence-electron chi connectivity index (χ4n) is 2.25. The van der Waals surface area contributed by atoms with Crippen LogP contribution < -0.4 is 9.88 Å². The first-order valence-corrected chi connectivity index (χ1v) is 7.79. The number of primary sulfonamides is 1. The van der Waals surface area contributed by atoms with Gasteiger partial charge < -0.3 is 4.74 Å². The Morgan fingerprint density at radius 2 is 1.67 bits per heavy atom. The fourth-order valence-corrected chi connectivity index (χ4v) is 2.76. The minimum Gasteiger partial charge on any atom is -0.490 e. The molecule has 0 radical (unpaired) electrons. The van der Waals surface area contributed by atoms with Gasteiger partial charge in [0.1, 0.15) is 5.75 Å². The molecule has 1 aliphatic carbocycles. The summed E-state index contributed by atoms with van der Waals surface area (Å²) in [7, 11) is -3.62. The second-order valence-corrected chi connectivity index (χ2v) is 6.58. The largest absolute Gasteiger partial charge is 0.490 e. The van der Waals surface area contributed by atoms with Crippen LogP contribution >= 0.6 is 0 Å². The van der Waals surface area contributed by atoms with Crippen LogP contribution in [0.2, 0.25) is 0 Å². The average Bonchev–Trinajstić information content (AvgIpc) is 2.32. The summed E-state index contributed by atoms with van der Waals surface area (Å²) in [6.07, 6.45) is 4.78. The van der Waals surface area contributed by atoms with Crippen molar-refractivity contribution < 1.29 is 13.2 Å². The van der Waals surface area contributed by atoms with E-state index in [2.05, 4.69) is 6.92 Å². The van der Waals surface area contributed by atoms with Gasteiger partial charge in [0.15, 0.2) is 0 Å². The molecule has 1 fully saturated rings. The summed E-state index contributed by atoms with van der Waals surface area (Å²) in [5.41, 5.74) is 0. The molecule has 100 valence electrons. The molecule has 4 nitrogen and oxygen atoms in total. The average molecular weight is 269 g/mol. The molecular formula is C13H19NO3S. The molecule has 1 saturated carbocycles. The van der Waals surface area contributed by atoms with Crippen LogP contribution in [0.3, 0.4) is 0 Å². The minimum atomic E-state index is -3.62. The van der Waals surface area contributed by atoms with E-state index >= 15 is 0 Å². The predicted molar refractivity (Wildman–Crippen MR) is 69.9 cm³/mol. The lowest BCUT2D eigenvalue weighted by atomic mass is 9.89. The molecule has 0 saturated heterocycles. The first-order chi connectivity index (χ1) is 8.45. The normalized spacial score (nSPS) is 24.8. The molecule has 0 aromatic heterocycles. The van der Waals surface area contributed by atoms with Crippen molar-refractivity contribution in [3.63, 3.8) is 0 Å². The summed E-state index contributed by atoms with van der Waals surface area (Å²) >= 11 is 0. The van der Waals surface area contributed by atoms with E-state index in [0.717, 1.165) is 18.8 Å². The Balaban J connectivity index is 1.98. The van der Waals surface area contributed by atoms with Crippen LogP contribution in [0.5, 0.6) is 5.75 Å². The van der Waals surface area contributed by atoms with Gasteiger partial charge in [0.2, 0.25) is 10.0 Å². The standard InChI is InChI=1S/C13H19NO3S/c1-10-2-4-11(5-3-10)17-12-6-8-13(9-7-12)18(14,15)16/h6-11H,2-5H2,1H3,(H2,14,15,16). The van der Waals surface area contributed by atoms with Gasteiger partial charge in [-0.2, -0.15) is 0 Å². The summed E-state index contributed by atoms with van der Waals surface area (Å²) in [5.74, 6) is 1.50. The summed E-state index contributed by atoms with van der Waals surface area (Å²) in [4.78, 5) is 0.118. The molecule has 1 aromatic carbocycles. The van der Waals surface area contributed by atoms with Gasteiger partial charge in [0.05, 0.1) is 11.0 Å².